The third kappa shape index (κ3) is 3.15. The Hall–Kier alpha value is -1.92. The number of aliphatic hydroxyl groups excluding tert-OH is 1. The summed E-state index contributed by atoms with van der Waals surface area (Å²) in [6, 6.07) is 6.92. The van der Waals surface area contributed by atoms with Gasteiger partial charge in [-0.1, -0.05) is 18.2 Å². The smallest absolute Gasteiger partial charge is 0.332 e. The van der Waals surface area contributed by atoms with E-state index in [1.807, 2.05) is 0 Å². The molecule has 0 bridgehead atoms. The van der Waals surface area contributed by atoms with Crippen molar-refractivity contribution >= 4 is 17.6 Å². The molecule has 1 saturated heterocycles. The Balaban J connectivity index is 2.04. The van der Waals surface area contributed by atoms with Gasteiger partial charge in [-0.25, -0.2) is 4.79 Å². The van der Waals surface area contributed by atoms with E-state index in [1.54, 1.807) is 31.2 Å². The lowest BCUT2D eigenvalue weighted by Crippen LogP contribution is -2.30. The van der Waals surface area contributed by atoms with Crippen LogP contribution in [0.3, 0.4) is 0 Å². The molecule has 0 radical (unpaired) electrons. The molecule has 108 valence electrons. The number of amides is 1. The standard InChI is InChI=1S/C14H17NO5/c1-8(16)9-4-2-3-5-10(9)15-13(17)11-6-7-12(20-11)14(18)19/h2-5,8,11-12,16H,6-7H2,1H3,(H,15,17)(H,18,19)/t8?,11-,12+/m0/s1. The van der Waals surface area contributed by atoms with Crippen molar-refractivity contribution in [2.24, 2.45) is 0 Å². The summed E-state index contributed by atoms with van der Waals surface area (Å²) in [6.45, 7) is 1.61. The number of carboxylic acid groups (broad SMARTS) is 1. The highest BCUT2D eigenvalue weighted by Gasteiger charge is 2.34. The van der Waals surface area contributed by atoms with Gasteiger partial charge >= 0.3 is 5.97 Å². The van der Waals surface area contributed by atoms with Crippen molar-refractivity contribution in [2.45, 2.75) is 38.1 Å². The molecule has 0 spiro atoms. The predicted octanol–water partition coefficient (Wildman–Crippen LogP) is 1.31. The van der Waals surface area contributed by atoms with Crippen molar-refractivity contribution in [1.82, 2.24) is 0 Å². The average Bonchev–Trinajstić information content (AvgIpc) is 2.89. The summed E-state index contributed by atoms with van der Waals surface area (Å²) in [4.78, 5) is 22.8. The van der Waals surface area contributed by atoms with Gasteiger partial charge in [0.15, 0.2) is 6.10 Å². The molecular weight excluding hydrogens is 262 g/mol. The van der Waals surface area contributed by atoms with E-state index in [0.717, 1.165) is 0 Å². The molecule has 0 aromatic heterocycles. The minimum Gasteiger partial charge on any atom is -0.479 e. The second-order valence-corrected chi connectivity index (χ2v) is 4.78. The van der Waals surface area contributed by atoms with Crippen molar-refractivity contribution in [2.75, 3.05) is 5.32 Å². The number of benzene rings is 1. The molecule has 1 heterocycles. The second kappa shape index (κ2) is 6.02. The second-order valence-electron chi connectivity index (χ2n) is 4.78. The summed E-state index contributed by atoms with van der Waals surface area (Å²) < 4.78 is 5.18. The van der Waals surface area contributed by atoms with Gasteiger partial charge in [0.05, 0.1) is 6.10 Å². The molecule has 0 aliphatic carbocycles. The van der Waals surface area contributed by atoms with Crippen LogP contribution in [0.4, 0.5) is 5.69 Å². The summed E-state index contributed by atoms with van der Waals surface area (Å²) in [7, 11) is 0. The maximum atomic E-state index is 12.0. The zero-order valence-electron chi connectivity index (χ0n) is 11.1. The van der Waals surface area contributed by atoms with Crippen molar-refractivity contribution in [1.29, 1.82) is 0 Å². The largest absolute Gasteiger partial charge is 0.479 e. The lowest BCUT2D eigenvalue weighted by molar-refractivity contribution is -0.150. The van der Waals surface area contributed by atoms with Gasteiger partial charge in [-0.3, -0.25) is 4.79 Å². The Morgan fingerprint density at radius 2 is 1.95 bits per heavy atom. The summed E-state index contributed by atoms with van der Waals surface area (Å²) in [6.07, 6.45) is -1.69. The first kappa shape index (κ1) is 14.5. The SMILES string of the molecule is CC(O)c1ccccc1NC(=O)[C@@H]1CC[C@H](C(=O)O)O1. The third-order valence-corrected chi connectivity index (χ3v) is 3.26. The molecule has 2 rings (SSSR count). The van der Waals surface area contributed by atoms with Gasteiger partial charge in [-0.15, -0.1) is 0 Å². The predicted molar refractivity (Wildman–Crippen MR) is 71.2 cm³/mol. The van der Waals surface area contributed by atoms with Gasteiger partial charge in [0.2, 0.25) is 0 Å². The fourth-order valence-electron chi connectivity index (χ4n) is 2.20. The highest BCUT2D eigenvalue weighted by atomic mass is 16.5. The number of hydrogen-bond donors (Lipinski definition) is 3. The Morgan fingerprint density at radius 3 is 2.55 bits per heavy atom. The number of aliphatic hydroxyl groups is 1. The number of anilines is 1. The normalized spacial score (nSPS) is 23.3. The molecule has 1 aromatic carbocycles. The molecule has 1 fully saturated rings. The molecular formula is C14H17NO5. The van der Waals surface area contributed by atoms with E-state index >= 15 is 0 Å². The number of carboxylic acids is 1. The number of nitrogens with one attached hydrogen (secondary N) is 1. The molecule has 3 atom stereocenters. The summed E-state index contributed by atoms with van der Waals surface area (Å²) >= 11 is 0. The molecule has 1 aliphatic heterocycles. The molecule has 0 saturated carbocycles. The number of aliphatic carboxylic acids is 1. The summed E-state index contributed by atoms with van der Waals surface area (Å²) in [5, 5.41) is 21.1. The molecule has 1 amide bonds. The van der Waals surface area contributed by atoms with Gasteiger partial charge in [0.25, 0.3) is 5.91 Å². The third-order valence-electron chi connectivity index (χ3n) is 3.26. The number of carbonyl (C=O) groups is 2. The van der Waals surface area contributed by atoms with E-state index in [1.165, 1.54) is 0 Å². The average molecular weight is 279 g/mol. The first-order valence-corrected chi connectivity index (χ1v) is 6.45. The molecule has 6 nitrogen and oxygen atoms in total. The van der Waals surface area contributed by atoms with Crippen LogP contribution in [-0.4, -0.2) is 34.3 Å². The van der Waals surface area contributed by atoms with Gasteiger partial charge in [0.1, 0.15) is 6.10 Å². The maximum absolute atomic E-state index is 12.0. The monoisotopic (exact) mass is 279 g/mol. The van der Waals surface area contributed by atoms with Crippen LogP contribution in [0.1, 0.15) is 31.4 Å². The highest BCUT2D eigenvalue weighted by Crippen LogP contribution is 2.25. The zero-order chi connectivity index (χ0) is 14.7. The first-order chi connectivity index (χ1) is 9.49. The Labute approximate surface area is 116 Å². The maximum Gasteiger partial charge on any atom is 0.332 e. The molecule has 1 aromatic rings. The van der Waals surface area contributed by atoms with E-state index in [-0.39, 0.29) is 5.91 Å². The number of hydrogen-bond acceptors (Lipinski definition) is 4. The van der Waals surface area contributed by atoms with Crippen LogP contribution in [0.2, 0.25) is 0 Å². The van der Waals surface area contributed by atoms with E-state index in [0.29, 0.717) is 24.1 Å². The van der Waals surface area contributed by atoms with Crippen molar-refractivity contribution in [3.05, 3.63) is 29.8 Å². The fourth-order valence-corrected chi connectivity index (χ4v) is 2.20. The van der Waals surface area contributed by atoms with Crippen molar-refractivity contribution in [3.63, 3.8) is 0 Å². The van der Waals surface area contributed by atoms with E-state index in [9.17, 15) is 14.7 Å². The van der Waals surface area contributed by atoms with Gasteiger partial charge in [-0.2, -0.15) is 0 Å². The highest BCUT2D eigenvalue weighted by molar-refractivity contribution is 5.95. The number of ether oxygens (including phenoxy) is 1. The van der Waals surface area contributed by atoms with Crippen molar-refractivity contribution < 1.29 is 24.5 Å². The lowest BCUT2D eigenvalue weighted by atomic mass is 10.1. The number of para-hydroxylation sites is 1. The number of carbonyl (C=O) groups excluding carboxylic acids is 1. The van der Waals surface area contributed by atoms with E-state index < -0.39 is 24.3 Å². The van der Waals surface area contributed by atoms with Crippen LogP contribution in [0.25, 0.3) is 0 Å². The molecule has 20 heavy (non-hydrogen) atoms. The van der Waals surface area contributed by atoms with Crippen LogP contribution in [-0.2, 0) is 14.3 Å². The lowest BCUT2D eigenvalue weighted by Gasteiger charge is -2.15. The molecule has 6 heteroatoms. The Morgan fingerprint density at radius 1 is 1.30 bits per heavy atom. The topological polar surface area (TPSA) is 95.9 Å². The summed E-state index contributed by atoms with van der Waals surface area (Å²) in [5.41, 5.74) is 1.11. The van der Waals surface area contributed by atoms with Crippen LogP contribution in [0.15, 0.2) is 24.3 Å². The zero-order valence-corrected chi connectivity index (χ0v) is 11.1. The molecule has 3 N–H and O–H groups in total. The quantitative estimate of drug-likeness (QED) is 0.772. The fraction of sp³-hybridized carbons (Fsp3) is 0.429. The number of rotatable bonds is 4. The van der Waals surface area contributed by atoms with E-state index in [4.69, 9.17) is 9.84 Å². The molecule has 1 aliphatic rings. The van der Waals surface area contributed by atoms with Gasteiger partial charge < -0.3 is 20.3 Å². The summed E-state index contributed by atoms with van der Waals surface area (Å²) in [5.74, 6) is -1.44. The van der Waals surface area contributed by atoms with Crippen LogP contribution >= 0.6 is 0 Å². The minimum absolute atomic E-state index is 0.325. The van der Waals surface area contributed by atoms with Crippen LogP contribution < -0.4 is 5.32 Å². The minimum atomic E-state index is -1.05. The van der Waals surface area contributed by atoms with Crippen LogP contribution in [0.5, 0.6) is 0 Å². The van der Waals surface area contributed by atoms with Crippen LogP contribution in [0, 0.1) is 0 Å². The Kier molecular flexibility index (Phi) is 4.36. The van der Waals surface area contributed by atoms with Crippen molar-refractivity contribution in [3.8, 4) is 0 Å². The Bertz CT molecular complexity index is 514. The van der Waals surface area contributed by atoms with Gasteiger partial charge in [0, 0.05) is 11.3 Å². The van der Waals surface area contributed by atoms with E-state index in [2.05, 4.69) is 5.32 Å². The van der Waals surface area contributed by atoms with Gasteiger partial charge in [-0.05, 0) is 25.8 Å². The first-order valence-electron chi connectivity index (χ1n) is 6.45. The molecule has 1 unspecified atom stereocenters.